The fourth-order valence-electron chi connectivity index (χ4n) is 3.26. The first-order valence-electron chi connectivity index (χ1n) is 11.9. The number of benzene rings is 2. The van der Waals surface area contributed by atoms with Crippen LogP contribution < -0.4 is 15.7 Å². The summed E-state index contributed by atoms with van der Waals surface area (Å²) < 4.78 is 5.49. The minimum absolute atomic E-state index is 0.0850. The second kappa shape index (κ2) is 10.5. The van der Waals surface area contributed by atoms with Gasteiger partial charge in [-0.15, -0.1) is 5.06 Å². The Labute approximate surface area is 216 Å². The standard InChI is InChI=1S/C28H33N3O6/c1-17(36-24(33)27(2,3)4)22-20-14-13-19(30-26(35)29-16-18-11-9-8-10-12-18)15-21(20)31(23(22)32)37-25(34)28(5,6)7/h8-15H,16H2,1-7H3,(H2,29,30,35)/b22-17-. The molecule has 1 aliphatic rings. The predicted octanol–water partition coefficient (Wildman–Crippen LogP) is 5.18. The number of allylic oxidation sites excluding steroid dienone is 1. The summed E-state index contributed by atoms with van der Waals surface area (Å²) in [5, 5.41) is 6.37. The van der Waals surface area contributed by atoms with Gasteiger partial charge in [-0.1, -0.05) is 30.3 Å². The van der Waals surface area contributed by atoms with Gasteiger partial charge in [0.25, 0.3) is 5.91 Å². The lowest BCUT2D eigenvalue weighted by molar-refractivity contribution is -0.157. The van der Waals surface area contributed by atoms with E-state index in [4.69, 9.17) is 9.57 Å². The number of carbonyl (C=O) groups excluding carboxylic acids is 4. The van der Waals surface area contributed by atoms with Crippen LogP contribution in [0.15, 0.2) is 54.3 Å². The van der Waals surface area contributed by atoms with Gasteiger partial charge >= 0.3 is 18.0 Å². The molecule has 9 heteroatoms. The van der Waals surface area contributed by atoms with Crippen molar-refractivity contribution in [2.24, 2.45) is 10.8 Å². The number of hydrogen-bond acceptors (Lipinski definition) is 6. The van der Waals surface area contributed by atoms with E-state index in [1.807, 2.05) is 30.3 Å². The Morgan fingerprint density at radius 1 is 0.892 bits per heavy atom. The Hall–Kier alpha value is -4.14. The molecule has 196 valence electrons. The topological polar surface area (TPSA) is 114 Å². The SMILES string of the molecule is C/C(OC(=O)C(C)(C)C)=C1/C(=O)N(OC(=O)C(C)(C)C)c2cc(NC(=O)NCc3ccccc3)ccc21. The largest absolute Gasteiger partial charge is 0.430 e. The van der Waals surface area contributed by atoms with Crippen molar-refractivity contribution in [3.05, 3.63) is 65.4 Å². The zero-order chi connectivity index (χ0) is 27.5. The normalized spacial score (nSPS) is 14.6. The minimum Gasteiger partial charge on any atom is -0.430 e. The van der Waals surface area contributed by atoms with Gasteiger partial charge in [-0.25, -0.2) is 9.59 Å². The van der Waals surface area contributed by atoms with Crippen molar-refractivity contribution in [1.29, 1.82) is 0 Å². The first-order chi connectivity index (χ1) is 17.2. The van der Waals surface area contributed by atoms with Crippen LogP contribution in [-0.2, 0) is 30.5 Å². The summed E-state index contributed by atoms with van der Waals surface area (Å²) in [6.07, 6.45) is 0. The van der Waals surface area contributed by atoms with Crippen LogP contribution >= 0.6 is 0 Å². The van der Waals surface area contributed by atoms with Crippen LogP contribution in [-0.4, -0.2) is 23.9 Å². The Balaban J connectivity index is 1.92. The van der Waals surface area contributed by atoms with Crippen LogP contribution in [0.25, 0.3) is 5.57 Å². The van der Waals surface area contributed by atoms with Crippen molar-refractivity contribution in [2.45, 2.75) is 55.0 Å². The van der Waals surface area contributed by atoms with E-state index < -0.39 is 34.7 Å². The predicted molar refractivity (Wildman–Crippen MR) is 140 cm³/mol. The van der Waals surface area contributed by atoms with Crippen LogP contribution in [0.5, 0.6) is 0 Å². The molecule has 1 aliphatic heterocycles. The second-order valence-electron chi connectivity index (χ2n) is 10.8. The van der Waals surface area contributed by atoms with Crippen molar-refractivity contribution in [3.8, 4) is 0 Å². The molecule has 0 bridgehead atoms. The van der Waals surface area contributed by atoms with Gasteiger partial charge in [0.1, 0.15) is 5.76 Å². The molecule has 0 aliphatic carbocycles. The molecular weight excluding hydrogens is 474 g/mol. The van der Waals surface area contributed by atoms with E-state index in [0.717, 1.165) is 10.6 Å². The molecule has 0 atom stereocenters. The lowest BCUT2D eigenvalue weighted by Crippen LogP contribution is -2.35. The van der Waals surface area contributed by atoms with E-state index in [-0.39, 0.29) is 17.0 Å². The molecular formula is C28H33N3O6. The van der Waals surface area contributed by atoms with Crippen LogP contribution in [0.2, 0.25) is 0 Å². The fourth-order valence-corrected chi connectivity index (χ4v) is 3.26. The third kappa shape index (κ3) is 6.55. The Morgan fingerprint density at radius 3 is 2.11 bits per heavy atom. The molecule has 2 aromatic rings. The highest BCUT2D eigenvalue weighted by molar-refractivity contribution is 6.32. The Kier molecular flexibility index (Phi) is 7.76. The summed E-state index contributed by atoms with van der Waals surface area (Å²) in [5.74, 6) is -1.71. The summed E-state index contributed by atoms with van der Waals surface area (Å²) in [5.41, 5.74) is 0.381. The highest BCUT2D eigenvalue weighted by Gasteiger charge is 2.40. The summed E-state index contributed by atoms with van der Waals surface area (Å²) in [7, 11) is 0. The van der Waals surface area contributed by atoms with Crippen LogP contribution in [0, 0.1) is 10.8 Å². The Morgan fingerprint density at radius 2 is 1.51 bits per heavy atom. The highest BCUT2D eigenvalue weighted by atomic mass is 16.7. The van der Waals surface area contributed by atoms with E-state index in [1.165, 1.54) is 13.0 Å². The molecule has 2 N–H and O–H groups in total. The van der Waals surface area contributed by atoms with E-state index in [2.05, 4.69) is 10.6 Å². The average molecular weight is 508 g/mol. The van der Waals surface area contributed by atoms with Crippen molar-refractivity contribution in [2.75, 3.05) is 10.4 Å². The fraction of sp³-hybridized carbons (Fsp3) is 0.357. The first-order valence-corrected chi connectivity index (χ1v) is 11.9. The molecule has 1 heterocycles. The van der Waals surface area contributed by atoms with Crippen LogP contribution in [0.4, 0.5) is 16.2 Å². The number of anilines is 2. The molecule has 0 spiro atoms. The zero-order valence-corrected chi connectivity index (χ0v) is 22.2. The molecule has 0 saturated heterocycles. The highest BCUT2D eigenvalue weighted by Crippen LogP contribution is 2.41. The number of hydroxylamine groups is 1. The smallest absolute Gasteiger partial charge is 0.338 e. The Bertz CT molecular complexity index is 1250. The number of carbonyl (C=O) groups is 4. The van der Waals surface area contributed by atoms with Gasteiger partial charge < -0.3 is 20.2 Å². The number of nitrogens with zero attached hydrogens (tertiary/aromatic N) is 1. The first kappa shape index (κ1) is 27.4. The number of rotatable bonds is 5. The number of hydrogen-bond donors (Lipinski definition) is 2. The maximum Gasteiger partial charge on any atom is 0.338 e. The van der Waals surface area contributed by atoms with Gasteiger partial charge in [0, 0.05) is 17.8 Å². The number of urea groups is 1. The van der Waals surface area contributed by atoms with Gasteiger partial charge in [0.05, 0.1) is 22.1 Å². The van der Waals surface area contributed by atoms with Crippen molar-refractivity contribution < 1.29 is 28.8 Å². The molecule has 2 aromatic carbocycles. The number of ether oxygens (including phenoxy) is 1. The van der Waals surface area contributed by atoms with Crippen molar-refractivity contribution in [1.82, 2.24) is 5.32 Å². The summed E-state index contributed by atoms with van der Waals surface area (Å²) in [4.78, 5) is 56.4. The number of fused-ring (bicyclic) bond motifs is 1. The third-order valence-electron chi connectivity index (χ3n) is 5.43. The molecule has 0 saturated carbocycles. The molecule has 9 nitrogen and oxygen atoms in total. The second-order valence-corrected chi connectivity index (χ2v) is 10.8. The van der Waals surface area contributed by atoms with Gasteiger partial charge in [-0.2, -0.15) is 0 Å². The minimum atomic E-state index is -0.881. The molecule has 3 rings (SSSR count). The quantitative estimate of drug-likeness (QED) is 0.327. The molecule has 0 aromatic heterocycles. The molecule has 0 unspecified atom stereocenters. The van der Waals surface area contributed by atoms with Gasteiger partial charge in [0.2, 0.25) is 0 Å². The molecule has 0 fully saturated rings. The van der Waals surface area contributed by atoms with Crippen molar-refractivity contribution in [3.63, 3.8) is 0 Å². The van der Waals surface area contributed by atoms with Gasteiger partial charge in [0.15, 0.2) is 0 Å². The number of nitrogens with one attached hydrogen (secondary N) is 2. The monoisotopic (exact) mass is 507 g/mol. The maximum absolute atomic E-state index is 13.4. The zero-order valence-electron chi connectivity index (χ0n) is 22.2. The van der Waals surface area contributed by atoms with Crippen molar-refractivity contribution >= 4 is 40.8 Å². The summed E-state index contributed by atoms with van der Waals surface area (Å²) in [6, 6.07) is 13.7. The van der Waals surface area contributed by atoms with Crippen LogP contribution in [0.3, 0.4) is 0 Å². The molecule has 3 amide bonds. The summed E-state index contributed by atoms with van der Waals surface area (Å²) in [6.45, 7) is 12.0. The van der Waals surface area contributed by atoms with Gasteiger partial charge in [-0.3, -0.25) is 9.59 Å². The van der Waals surface area contributed by atoms with E-state index in [1.54, 1.807) is 53.7 Å². The third-order valence-corrected chi connectivity index (χ3v) is 5.43. The van der Waals surface area contributed by atoms with E-state index >= 15 is 0 Å². The lowest BCUT2D eigenvalue weighted by Gasteiger charge is -2.22. The molecule has 37 heavy (non-hydrogen) atoms. The van der Waals surface area contributed by atoms with Crippen LogP contribution in [0.1, 0.15) is 59.6 Å². The van der Waals surface area contributed by atoms with E-state index in [0.29, 0.717) is 17.8 Å². The number of esters is 1. The van der Waals surface area contributed by atoms with Gasteiger partial charge in [-0.05, 0) is 72.2 Å². The average Bonchev–Trinajstić information content (AvgIpc) is 3.08. The lowest BCUT2D eigenvalue weighted by atomic mass is 9.97. The molecule has 0 radical (unpaired) electrons. The maximum atomic E-state index is 13.4. The summed E-state index contributed by atoms with van der Waals surface area (Å²) >= 11 is 0. The number of amides is 3. The van der Waals surface area contributed by atoms with E-state index in [9.17, 15) is 19.2 Å².